The number of aromatic hydroxyl groups is 1. The van der Waals surface area contributed by atoms with Crippen LogP contribution in [0, 0.1) is 11.8 Å². The number of nitrogens with one attached hydrogen (secondary N) is 1. The first-order valence-corrected chi connectivity index (χ1v) is 6.54. The number of carboxylic acid groups (broad SMARTS) is 1. The molecule has 106 valence electrons. The maximum atomic E-state index is 12.3. The summed E-state index contributed by atoms with van der Waals surface area (Å²) in [6.45, 7) is 0. The molecule has 1 amide bonds. The molecule has 0 unspecified atom stereocenters. The molecule has 2 heterocycles. The summed E-state index contributed by atoms with van der Waals surface area (Å²) in [5, 5.41) is 21.3. The van der Waals surface area contributed by atoms with Crippen molar-refractivity contribution in [2.45, 2.75) is 25.0 Å². The highest BCUT2D eigenvalue weighted by molar-refractivity contribution is 5.96. The fourth-order valence-electron chi connectivity index (χ4n) is 3.13. The standard InChI is InChI=1S/C14H15NO5/c16-8-3-1-2-7(6-8)15-13(17)11-9-4-5-10(20-9)12(11)14(18)19/h1-3,6,9-12,16H,4-5H2,(H,15,17)(H,18,19)/t9-,10-,11+,12+/m1/s1. The van der Waals surface area contributed by atoms with E-state index >= 15 is 0 Å². The van der Waals surface area contributed by atoms with Crippen molar-refractivity contribution in [1.82, 2.24) is 0 Å². The van der Waals surface area contributed by atoms with Gasteiger partial charge in [-0.1, -0.05) is 6.07 Å². The minimum Gasteiger partial charge on any atom is -0.508 e. The molecule has 0 saturated carbocycles. The highest BCUT2D eigenvalue weighted by atomic mass is 16.5. The number of ether oxygens (including phenoxy) is 1. The number of aliphatic carboxylic acids is 1. The van der Waals surface area contributed by atoms with E-state index in [0.717, 1.165) is 0 Å². The summed E-state index contributed by atoms with van der Waals surface area (Å²) in [4.78, 5) is 23.6. The lowest BCUT2D eigenvalue weighted by atomic mass is 9.78. The van der Waals surface area contributed by atoms with Crippen LogP contribution in [-0.4, -0.2) is 34.3 Å². The Bertz CT molecular complexity index is 558. The normalized spacial score (nSPS) is 31.2. The number of carbonyl (C=O) groups excluding carboxylic acids is 1. The van der Waals surface area contributed by atoms with Crippen LogP contribution in [0.1, 0.15) is 12.8 Å². The number of rotatable bonds is 3. The van der Waals surface area contributed by atoms with Gasteiger partial charge in [0.15, 0.2) is 0 Å². The first-order chi connectivity index (χ1) is 9.56. The Balaban J connectivity index is 1.78. The van der Waals surface area contributed by atoms with Crippen molar-refractivity contribution in [3.8, 4) is 5.75 Å². The molecular formula is C14H15NO5. The molecule has 2 bridgehead atoms. The quantitative estimate of drug-likeness (QED) is 0.771. The fourth-order valence-corrected chi connectivity index (χ4v) is 3.13. The second-order valence-electron chi connectivity index (χ2n) is 5.22. The van der Waals surface area contributed by atoms with Crippen LogP contribution in [0.25, 0.3) is 0 Å². The van der Waals surface area contributed by atoms with E-state index in [1.54, 1.807) is 12.1 Å². The molecule has 0 spiro atoms. The number of phenols is 1. The Kier molecular flexibility index (Phi) is 3.10. The van der Waals surface area contributed by atoms with Gasteiger partial charge in [-0.2, -0.15) is 0 Å². The molecule has 2 fully saturated rings. The first-order valence-electron chi connectivity index (χ1n) is 6.54. The molecule has 2 saturated heterocycles. The van der Waals surface area contributed by atoms with Gasteiger partial charge in [0.05, 0.1) is 24.0 Å². The van der Waals surface area contributed by atoms with Crippen LogP contribution in [-0.2, 0) is 14.3 Å². The van der Waals surface area contributed by atoms with Crippen LogP contribution in [0.3, 0.4) is 0 Å². The zero-order valence-electron chi connectivity index (χ0n) is 10.7. The van der Waals surface area contributed by atoms with Crippen molar-refractivity contribution >= 4 is 17.6 Å². The van der Waals surface area contributed by atoms with Crippen LogP contribution >= 0.6 is 0 Å². The second-order valence-corrected chi connectivity index (χ2v) is 5.22. The van der Waals surface area contributed by atoms with E-state index < -0.39 is 17.8 Å². The lowest BCUT2D eigenvalue weighted by Gasteiger charge is -2.23. The summed E-state index contributed by atoms with van der Waals surface area (Å²) >= 11 is 0. The summed E-state index contributed by atoms with van der Waals surface area (Å²) in [5.74, 6) is -2.77. The van der Waals surface area contributed by atoms with E-state index in [1.807, 2.05) is 0 Å². The van der Waals surface area contributed by atoms with Crippen molar-refractivity contribution in [2.75, 3.05) is 5.32 Å². The Labute approximate surface area is 115 Å². The third-order valence-electron chi connectivity index (χ3n) is 3.97. The average molecular weight is 277 g/mol. The van der Waals surface area contributed by atoms with E-state index in [9.17, 15) is 19.8 Å². The van der Waals surface area contributed by atoms with Crippen LogP contribution in [0.15, 0.2) is 24.3 Å². The number of carboxylic acids is 1. The molecular weight excluding hydrogens is 262 g/mol. The maximum absolute atomic E-state index is 12.3. The molecule has 2 aliphatic heterocycles. The number of carbonyl (C=O) groups is 2. The molecule has 0 radical (unpaired) electrons. The highest BCUT2D eigenvalue weighted by Gasteiger charge is 2.55. The molecule has 1 aromatic carbocycles. The molecule has 6 heteroatoms. The fraction of sp³-hybridized carbons (Fsp3) is 0.429. The minimum atomic E-state index is -0.992. The lowest BCUT2D eigenvalue weighted by Crippen LogP contribution is -2.40. The molecule has 3 N–H and O–H groups in total. The second kappa shape index (κ2) is 4.79. The van der Waals surface area contributed by atoms with Gasteiger partial charge in [0.25, 0.3) is 0 Å². The zero-order valence-corrected chi connectivity index (χ0v) is 10.7. The van der Waals surface area contributed by atoms with Crippen LogP contribution in [0.4, 0.5) is 5.69 Å². The van der Waals surface area contributed by atoms with Crippen molar-refractivity contribution in [2.24, 2.45) is 11.8 Å². The number of phenolic OH excluding ortho intramolecular Hbond substituents is 1. The summed E-state index contributed by atoms with van der Waals surface area (Å²) in [5.41, 5.74) is 0.446. The monoisotopic (exact) mass is 277 g/mol. The zero-order chi connectivity index (χ0) is 14.3. The maximum Gasteiger partial charge on any atom is 0.310 e. The van der Waals surface area contributed by atoms with E-state index in [1.165, 1.54) is 12.1 Å². The number of hydrogen-bond donors (Lipinski definition) is 3. The molecule has 0 aliphatic carbocycles. The predicted octanol–water partition coefficient (Wildman–Crippen LogP) is 1.21. The number of amides is 1. The largest absolute Gasteiger partial charge is 0.508 e. The van der Waals surface area contributed by atoms with Gasteiger partial charge in [-0.05, 0) is 25.0 Å². The van der Waals surface area contributed by atoms with Crippen molar-refractivity contribution < 1.29 is 24.5 Å². The van der Waals surface area contributed by atoms with Gasteiger partial charge in [-0.25, -0.2) is 0 Å². The number of anilines is 1. The van der Waals surface area contributed by atoms with E-state index in [0.29, 0.717) is 18.5 Å². The molecule has 3 rings (SSSR count). The Morgan fingerprint density at radius 3 is 2.55 bits per heavy atom. The molecule has 20 heavy (non-hydrogen) atoms. The van der Waals surface area contributed by atoms with Gasteiger partial charge in [-0.15, -0.1) is 0 Å². The number of hydrogen-bond acceptors (Lipinski definition) is 4. The third kappa shape index (κ3) is 2.12. The van der Waals surface area contributed by atoms with Crippen molar-refractivity contribution in [3.63, 3.8) is 0 Å². The van der Waals surface area contributed by atoms with Crippen molar-refractivity contribution in [3.05, 3.63) is 24.3 Å². The number of fused-ring (bicyclic) bond motifs is 2. The van der Waals surface area contributed by atoms with Gasteiger partial charge >= 0.3 is 5.97 Å². The molecule has 0 aromatic heterocycles. The van der Waals surface area contributed by atoms with Gasteiger partial charge in [0.2, 0.25) is 5.91 Å². The van der Waals surface area contributed by atoms with Gasteiger partial charge in [0, 0.05) is 11.8 Å². The van der Waals surface area contributed by atoms with Crippen LogP contribution < -0.4 is 5.32 Å². The molecule has 1 aromatic rings. The van der Waals surface area contributed by atoms with E-state index in [4.69, 9.17) is 4.74 Å². The van der Waals surface area contributed by atoms with Gasteiger partial charge in [0.1, 0.15) is 5.75 Å². The van der Waals surface area contributed by atoms with Gasteiger partial charge in [-0.3, -0.25) is 9.59 Å². The Hall–Kier alpha value is -2.08. The predicted molar refractivity (Wildman–Crippen MR) is 69.2 cm³/mol. The molecule has 6 nitrogen and oxygen atoms in total. The van der Waals surface area contributed by atoms with Crippen molar-refractivity contribution in [1.29, 1.82) is 0 Å². The van der Waals surface area contributed by atoms with E-state index in [2.05, 4.69) is 5.32 Å². The summed E-state index contributed by atoms with van der Waals surface area (Å²) in [6.07, 6.45) is 0.722. The third-order valence-corrected chi connectivity index (χ3v) is 3.97. The molecule has 2 aliphatic rings. The Morgan fingerprint density at radius 1 is 1.20 bits per heavy atom. The minimum absolute atomic E-state index is 0.0433. The topological polar surface area (TPSA) is 95.9 Å². The van der Waals surface area contributed by atoms with Crippen LogP contribution in [0.5, 0.6) is 5.75 Å². The Morgan fingerprint density at radius 2 is 1.90 bits per heavy atom. The lowest BCUT2D eigenvalue weighted by molar-refractivity contribution is -0.147. The summed E-state index contributed by atoms with van der Waals surface area (Å²) in [6, 6.07) is 6.16. The smallest absolute Gasteiger partial charge is 0.310 e. The average Bonchev–Trinajstić information content (AvgIpc) is 2.98. The number of benzene rings is 1. The van der Waals surface area contributed by atoms with E-state index in [-0.39, 0.29) is 23.9 Å². The first kappa shape index (κ1) is 12.9. The van der Waals surface area contributed by atoms with Crippen LogP contribution in [0.2, 0.25) is 0 Å². The SMILES string of the molecule is O=C(O)[C@@H]1[C@@H](C(=O)Nc2cccc(O)c2)[C@H]2CC[C@H]1O2. The molecule has 4 atom stereocenters. The van der Waals surface area contributed by atoms with Gasteiger partial charge < -0.3 is 20.3 Å². The summed E-state index contributed by atoms with van der Waals surface area (Å²) < 4.78 is 5.55. The summed E-state index contributed by atoms with van der Waals surface area (Å²) in [7, 11) is 0. The highest BCUT2D eigenvalue weighted by Crippen LogP contribution is 2.44.